The Morgan fingerprint density at radius 2 is 1.90 bits per heavy atom. The molecule has 2 aromatic rings. The fourth-order valence-electron chi connectivity index (χ4n) is 2.83. The molecule has 154 valence electrons. The van der Waals surface area contributed by atoms with Crippen molar-refractivity contribution in [2.24, 2.45) is 0 Å². The van der Waals surface area contributed by atoms with Gasteiger partial charge >= 0.3 is 5.97 Å². The molecule has 7 nitrogen and oxygen atoms in total. The van der Waals surface area contributed by atoms with Gasteiger partial charge in [-0.3, -0.25) is 14.9 Å². The van der Waals surface area contributed by atoms with Crippen LogP contribution in [-0.4, -0.2) is 23.4 Å². The molecule has 0 saturated carbocycles. The lowest BCUT2D eigenvalue weighted by Gasteiger charge is -2.08. The minimum absolute atomic E-state index is 0.0124. The van der Waals surface area contributed by atoms with Crippen LogP contribution in [0.3, 0.4) is 0 Å². The number of esters is 1. The number of nitrogens with one attached hydrogen (secondary N) is 1. The first kappa shape index (κ1) is 22.4. The van der Waals surface area contributed by atoms with Gasteiger partial charge in [-0.15, -0.1) is 0 Å². The van der Waals surface area contributed by atoms with Crippen LogP contribution in [0.2, 0.25) is 5.02 Å². The Bertz CT molecular complexity index is 885. The van der Waals surface area contributed by atoms with Crippen molar-refractivity contribution in [1.82, 2.24) is 0 Å². The van der Waals surface area contributed by atoms with E-state index in [-0.39, 0.29) is 35.9 Å². The van der Waals surface area contributed by atoms with Crippen LogP contribution in [-0.2, 0) is 16.0 Å². The highest BCUT2D eigenvalue weighted by Crippen LogP contribution is 2.26. The number of aryl methyl sites for hydroxylation is 1. The summed E-state index contributed by atoms with van der Waals surface area (Å²) in [7, 11) is 0. The Morgan fingerprint density at radius 1 is 1.14 bits per heavy atom. The van der Waals surface area contributed by atoms with Crippen LogP contribution in [0.25, 0.3) is 0 Å². The molecule has 0 aliphatic carbocycles. The van der Waals surface area contributed by atoms with E-state index in [1.165, 1.54) is 18.2 Å². The maximum Gasteiger partial charge on any atom is 0.338 e. The first-order chi connectivity index (χ1) is 13.9. The molecule has 1 N–H and O–H groups in total. The maximum absolute atomic E-state index is 12.2. The van der Waals surface area contributed by atoms with Crippen molar-refractivity contribution in [2.75, 3.05) is 11.9 Å². The topological polar surface area (TPSA) is 98.5 Å². The predicted octanol–water partition coefficient (Wildman–Crippen LogP) is 5.17. The molecule has 0 heterocycles. The van der Waals surface area contributed by atoms with Crippen LogP contribution in [0.1, 0.15) is 48.5 Å². The molecular weight excluding hydrogens is 396 g/mol. The Labute approximate surface area is 174 Å². The number of nitro groups is 1. The zero-order chi connectivity index (χ0) is 21.2. The highest BCUT2D eigenvalue weighted by Gasteiger charge is 2.19. The molecule has 8 heteroatoms. The van der Waals surface area contributed by atoms with Crippen LogP contribution in [0.15, 0.2) is 42.5 Å². The fraction of sp³-hybridized carbons (Fsp3) is 0.333. The van der Waals surface area contributed by atoms with Gasteiger partial charge in [-0.2, -0.15) is 0 Å². The van der Waals surface area contributed by atoms with E-state index in [0.717, 1.165) is 29.8 Å². The number of halogens is 1. The smallest absolute Gasteiger partial charge is 0.338 e. The van der Waals surface area contributed by atoms with Crippen molar-refractivity contribution in [1.29, 1.82) is 0 Å². The summed E-state index contributed by atoms with van der Waals surface area (Å²) in [4.78, 5) is 34.6. The van der Waals surface area contributed by atoms with Gasteiger partial charge in [0, 0.05) is 17.5 Å². The molecule has 0 aromatic heterocycles. The third kappa shape index (κ3) is 6.87. The number of ether oxygens (including phenoxy) is 1. The Morgan fingerprint density at radius 3 is 2.59 bits per heavy atom. The lowest BCUT2D eigenvalue weighted by Crippen LogP contribution is -2.14. The maximum atomic E-state index is 12.2. The first-order valence-electron chi connectivity index (χ1n) is 9.41. The molecule has 1 amide bonds. The molecule has 0 aliphatic rings. The van der Waals surface area contributed by atoms with Crippen LogP contribution >= 0.6 is 11.6 Å². The summed E-state index contributed by atoms with van der Waals surface area (Å²) in [6.45, 7) is 1.85. The SMILES string of the molecule is CCOC(=O)c1ccc([N+](=O)[O-])c(NC(=O)CCCCCc2ccccc2Cl)c1. The summed E-state index contributed by atoms with van der Waals surface area (Å²) >= 11 is 6.12. The lowest BCUT2D eigenvalue weighted by molar-refractivity contribution is -0.383. The van der Waals surface area contributed by atoms with Crippen LogP contribution in [0, 0.1) is 10.1 Å². The van der Waals surface area contributed by atoms with E-state index in [0.29, 0.717) is 6.42 Å². The van der Waals surface area contributed by atoms with E-state index in [1.54, 1.807) is 6.92 Å². The molecule has 0 bridgehead atoms. The van der Waals surface area contributed by atoms with Gasteiger partial charge in [-0.1, -0.05) is 36.2 Å². The molecule has 0 spiro atoms. The first-order valence-corrected chi connectivity index (χ1v) is 9.79. The second-order valence-electron chi connectivity index (χ2n) is 6.41. The zero-order valence-electron chi connectivity index (χ0n) is 16.2. The Kier molecular flexibility index (Phi) is 8.61. The van der Waals surface area contributed by atoms with Crippen molar-refractivity contribution in [2.45, 2.75) is 39.0 Å². The Hall–Kier alpha value is -2.93. The third-order valence-corrected chi connectivity index (χ3v) is 4.65. The second-order valence-corrected chi connectivity index (χ2v) is 6.82. The van der Waals surface area contributed by atoms with Gasteiger partial charge < -0.3 is 10.1 Å². The molecule has 29 heavy (non-hydrogen) atoms. The van der Waals surface area contributed by atoms with Gasteiger partial charge in [-0.25, -0.2) is 4.79 Å². The minimum Gasteiger partial charge on any atom is -0.462 e. The van der Waals surface area contributed by atoms with Crippen molar-refractivity contribution >= 4 is 34.9 Å². The quantitative estimate of drug-likeness (QED) is 0.248. The van der Waals surface area contributed by atoms with E-state index in [4.69, 9.17) is 16.3 Å². The van der Waals surface area contributed by atoms with E-state index >= 15 is 0 Å². The molecule has 2 aromatic carbocycles. The number of hydrogen-bond acceptors (Lipinski definition) is 5. The molecular formula is C21H23ClN2O5. The number of unbranched alkanes of at least 4 members (excludes halogenated alkanes) is 2. The van der Waals surface area contributed by atoms with E-state index in [1.807, 2.05) is 24.3 Å². The number of carbonyl (C=O) groups is 2. The van der Waals surface area contributed by atoms with Crippen LogP contribution < -0.4 is 5.32 Å². The summed E-state index contributed by atoms with van der Waals surface area (Å²) in [5, 5.41) is 14.5. The highest BCUT2D eigenvalue weighted by molar-refractivity contribution is 6.31. The highest BCUT2D eigenvalue weighted by atomic mass is 35.5. The van der Waals surface area contributed by atoms with Crippen molar-refractivity contribution < 1.29 is 19.2 Å². The fourth-order valence-corrected chi connectivity index (χ4v) is 3.06. The molecule has 0 fully saturated rings. The van der Waals surface area contributed by atoms with Gasteiger partial charge in [0.1, 0.15) is 5.69 Å². The van der Waals surface area contributed by atoms with Gasteiger partial charge in [-0.05, 0) is 49.9 Å². The van der Waals surface area contributed by atoms with Gasteiger partial charge in [0.05, 0.1) is 17.1 Å². The summed E-state index contributed by atoms with van der Waals surface area (Å²) in [5.74, 6) is -0.940. The van der Waals surface area contributed by atoms with Crippen molar-refractivity contribution in [3.63, 3.8) is 0 Å². The number of anilines is 1. The van der Waals surface area contributed by atoms with Gasteiger partial charge in [0.25, 0.3) is 5.69 Å². The summed E-state index contributed by atoms with van der Waals surface area (Å²) in [6.07, 6.45) is 3.40. The monoisotopic (exact) mass is 418 g/mol. The minimum atomic E-state index is -0.603. The number of carbonyl (C=O) groups excluding carboxylic acids is 2. The van der Waals surface area contributed by atoms with Gasteiger partial charge in [0.15, 0.2) is 0 Å². The molecule has 0 unspecified atom stereocenters. The standard InChI is InChI=1S/C21H23ClN2O5/c1-2-29-21(26)16-12-13-19(24(27)28)18(14-16)23-20(25)11-5-3-4-8-15-9-6-7-10-17(15)22/h6-7,9-10,12-14H,2-5,8,11H2,1H3,(H,23,25). The Balaban J connectivity index is 1.88. The molecule has 2 rings (SSSR count). The molecule has 0 saturated heterocycles. The number of benzene rings is 2. The normalized spacial score (nSPS) is 10.4. The number of rotatable bonds is 10. The largest absolute Gasteiger partial charge is 0.462 e. The number of hydrogen-bond donors (Lipinski definition) is 1. The molecule has 0 aliphatic heterocycles. The third-order valence-electron chi connectivity index (χ3n) is 4.29. The van der Waals surface area contributed by atoms with E-state index in [9.17, 15) is 19.7 Å². The summed E-state index contributed by atoms with van der Waals surface area (Å²) in [6, 6.07) is 11.4. The zero-order valence-corrected chi connectivity index (χ0v) is 16.9. The molecule has 0 radical (unpaired) electrons. The van der Waals surface area contributed by atoms with Crippen LogP contribution in [0.5, 0.6) is 0 Å². The average Bonchev–Trinajstić information content (AvgIpc) is 2.69. The number of amides is 1. The summed E-state index contributed by atoms with van der Waals surface area (Å²) in [5.41, 5.74) is 0.934. The second kappa shape index (κ2) is 11.2. The lowest BCUT2D eigenvalue weighted by atomic mass is 10.1. The van der Waals surface area contributed by atoms with E-state index in [2.05, 4.69) is 5.32 Å². The van der Waals surface area contributed by atoms with Crippen molar-refractivity contribution in [3.05, 3.63) is 68.7 Å². The van der Waals surface area contributed by atoms with Crippen LogP contribution in [0.4, 0.5) is 11.4 Å². The predicted molar refractivity (Wildman–Crippen MR) is 111 cm³/mol. The average molecular weight is 419 g/mol. The number of nitrogens with zero attached hydrogens (tertiary/aromatic N) is 1. The summed E-state index contributed by atoms with van der Waals surface area (Å²) < 4.78 is 4.89. The van der Waals surface area contributed by atoms with Gasteiger partial charge in [0.2, 0.25) is 5.91 Å². The number of nitro benzene ring substituents is 1. The van der Waals surface area contributed by atoms with E-state index < -0.39 is 10.9 Å². The van der Waals surface area contributed by atoms with Crippen molar-refractivity contribution in [3.8, 4) is 0 Å². The molecule has 0 atom stereocenters.